The van der Waals surface area contributed by atoms with Crippen LogP contribution in [-0.2, 0) is 17.9 Å². The third-order valence-electron chi connectivity index (χ3n) is 6.70. The van der Waals surface area contributed by atoms with Crippen molar-refractivity contribution in [1.82, 2.24) is 19.2 Å². The zero-order valence-electron chi connectivity index (χ0n) is 17.8. The normalized spacial score (nSPS) is 16.8. The molecule has 1 fully saturated rings. The van der Waals surface area contributed by atoms with Crippen LogP contribution in [0.3, 0.4) is 0 Å². The molecule has 3 heterocycles. The first kappa shape index (κ1) is 19.2. The number of rotatable bonds is 5. The van der Waals surface area contributed by atoms with Crippen molar-refractivity contribution in [2.24, 2.45) is 5.92 Å². The van der Waals surface area contributed by atoms with Gasteiger partial charge in [-0.3, -0.25) is 4.79 Å². The Balaban J connectivity index is 1.37. The molecule has 1 saturated carbocycles. The summed E-state index contributed by atoms with van der Waals surface area (Å²) in [7, 11) is 0. The number of amides is 1. The predicted molar refractivity (Wildman–Crippen MR) is 118 cm³/mol. The van der Waals surface area contributed by atoms with Gasteiger partial charge in [-0.1, -0.05) is 49.8 Å². The number of carbonyl (C=O) groups is 1. The molecular weight excluding hydrogens is 372 g/mol. The summed E-state index contributed by atoms with van der Waals surface area (Å²) >= 11 is 0. The van der Waals surface area contributed by atoms with Crippen molar-refractivity contribution in [3.63, 3.8) is 0 Å². The van der Waals surface area contributed by atoms with E-state index >= 15 is 0 Å². The maximum absolute atomic E-state index is 12.9. The van der Waals surface area contributed by atoms with Gasteiger partial charge < -0.3 is 9.47 Å². The van der Waals surface area contributed by atoms with Gasteiger partial charge in [-0.2, -0.15) is 5.10 Å². The van der Waals surface area contributed by atoms with Gasteiger partial charge >= 0.3 is 0 Å². The second kappa shape index (κ2) is 8.13. The van der Waals surface area contributed by atoms with E-state index in [1.54, 1.807) is 0 Å². The maximum Gasteiger partial charge on any atom is 0.223 e. The number of hydrogen-bond acceptors (Lipinski definition) is 2. The molecule has 3 aromatic rings. The first-order chi connectivity index (χ1) is 14.7. The molecule has 5 rings (SSSR count). The van der Waals surface area contributed by atoms with Crippen LogP contribution in [0.15, 0.2) is 48.8 Å². The molecule has 0 spiro atoms. The monoisotopic (exact) mass is 402 g/mol. The van der Waals surface area contributed by atoms with Gasteiger partial charge in [0.2, 0.25) is 5.91 Å². The van der Waals surface area contributed by atoms with Crippen LogP contribution < -0.4 is 0 Å². The molecule has 2 aromatic heterocycles. The number of benzene rings is 1. The van der Waals surface area contributed by atoms with Crippen molar-refractivity contribution in [2.45, 2.75) is 65.0 Å². The molecule has 1 amide bonds. The molecule has 156 valence electrons. The average molecular weight is 403 g/mol. The number of carbonyl (C=O) groups excluding carboxylic acids is 1. The molecule has 0 N–H and O–H groups in total. The Morgan fingerprint density at radius 1 is 1.03 bits per heavy atom. The summed E-state index contributed by atoms with van der Waals surface area (Å²) in [5.41, 5.74) is 4.47. The molecule has 1 aliphatic carbocycles. The fraction of sp³-hybridized carbons (Fsp3) is 0.440. The predicted octanol–water partition coefficient (Wildman–Crippen LogP) is 5.17. The highest BCUT2D eigenvalue weighted by Gasteiger charge is 2.31. The van der Waals surface area contributed by atoms with Gasteiger partial charge in [0.25, 0.3) is 0 Å². The molecular formula is C25H30N4O. The molecule has 0 atom stereocenters. The summed E-state index contributed by atoms with van der Waals surface area (Å²) in [6.07, 6.45) is 12.5. The smallest absolute Gasteiger partial charge is 0.223 e. The van der Waals surface area contributed by atoms with Gasteiger partial charge in [-0.25, -0.2) is 4.68 Å². The molecule has 0 saturated heterocycles. The Labute approximate surface area is 178 Å². The summed E-state index contributed by atoms with van der Waals surface area (Å²) in [5.74, 6) is 2.06. The van der Waals surface area contributed by atoms with Crippen molar-refractivity contribution in [3.05, 3.63) is 65.6 Å². The van der Waals surface area contributed by atoms with Crippen LogP contribution in [0.1, 0.15) is 61.8 Å². The third kappa shape index (κ3) is 3.69. The highest BCUT2D eigenvalue weighted by molar-refractivity contribution is 5.77. The minimum Gasteiger partial charge on any atom is -0.332 e. The van der Waals surface area contributed by atoms with Gasteiger partial charge in [-0.15, -0.1) is 0 Å². The zero-order chi connectivity index (χ0) is 20.5. The average Bonchev–Trinajstić information content (AvgIpc) is 3.49. The van der Waals surface area contributed by atoms with E-state index in [0.717, 1.165) is 35.1 Å². The van der Waals surface area contributed by atoms with Crippen molar-refractivity contribution >= 4 is 5.91 Å². The molecule has 0 radical (unpaired) electrons. The van der Waals surface area contributed by atoms with Crippen molar-refractivity contribution < 1.29 is 4.79 Å². The fourth-order valence-corrected chi connectivity index (χ4v) is 4.95. The van der Waals surface area contributed by atoms with Gasteiger partial charge in [0.05, 0.1) is 24.5 Å². The molecule has 30 heavy (non-hydrogen) atoms. The zero-order valence-corrected chi connectivity index (χ0v) is 17.8. The minimum atomic E-state index is 0.277. The van der Waals surface area contributed by atoms with E-state index in [0.29, 0.717) is 19.5 Å². The SMILES string of the molecule is Cc1ccc(-n2nc3c(c2-n2cccc2)CN(C(=O)CCC2CCCCC2)C3)cc1. The lowest BCUT2D eigenvalue weighted by atomic mass is 9.86. The minimum absolute atomic E-state index is 0.277. The van der Waals surface area contributed by atoms with E-state index in [1.165, 1.54) is 37.7 Å². The Kier molecular flexibility index (Phi) is 5.19. The van der Waals surface area contributed by atoms with Gasteiger partial charge in [0, 0.05) is 24.4 Å². The fourth-order valence-electron chi connectivity index (χ4n) is 4.95. The second-order valence-corrected chi connectivity index (χ2v) is 8.88. The Hall–Kier alpha value is -2.82. The van der Waals surface area contributed by atoms with Crippen LogP contribution in [-0.4, -0.2) is 25.2 Å². The second-order valence-electron chi connectivity index (χ2n) is 8.88. The van der Waals surface area contributed by atoms with E-state index < -0.39 is 0 Å². The lowest BCUT2D eigenvalue weighted by molar-refractivity contribution is -0.132. The van der Waals surface area contributed by atoms with Crippen molar-refractivity contribution in [2.75, 3.05) is 0 Å². The molecule has 1 aliphatic heterocycles. The van der Waals surface area contributed by atoms with Crippen LogP contribution in [0.5, 0.6) is 0 Å². The molecule has 1 aromatic carbocycles. The van der Waals surface area contributed by atoms with Crippen LogP contribution in [0.25, 0.3) is 11.5 Å². The van der Waals surface area contributed by atoms with Gasteiger partial charge in [-0.05, 0) is 43.5 Å². The summed E-state index contributed by atoms with van der Waals surface area (Å²) in [6, 6.07) is 12.5. The van der Waals surface area contributed by atoms with E-state index in [4.69, 9.17) is 5.10 Å². The summed E-state index contributed by atoms with van der Waals surface area (Å²) in [6.45, 7) is 3.36. The number of nitrogens with zero attached hydrogens (tertiary/aromatic N) is 4. The summed E-state index contributed by atoms with van der Waals surface area (Å²) in [5, 5.41) is 4.93. The standard InChI is InChI=1S/C25H30N4O/c1-19-9-12-21(13-10-19)29-25(27-15-5-6-16-27)22-17-28(18-23(22)26-29)24(30)14-11-20-7-3-2-4-8-20/h5-6,9-10,12-13,15-16,20H,2-4,7-8,11,14,17-18H2,1H3. The largest absolute Gasteiger partial charge is 0.332 e. The van der Waals surface area contributed by atoms with Crippen LogP contribution >= 0.6 is 0 Å². The molecule has 0 unspecified atom stereocenters. The topological polar surface area (TPSA) is 43.1 Å². The van der Waals surface area contributed by atoms with E-state index in [1.807, 2.05) is 21.7 Å². The first-order valence-corrected chi connectivity index (χ1v) is 11.3. The highest BCUT2D eigenvalue weighted by atomic mass is 16.2. The van der Waals surface area contributed by atoms with Crippen LogP contribution in [0.2, 0.25) is 0 Å². The Morgan fingerprint density at radius 2 is 1.77 bits per heavy atom. The van der Waals surface area contributed by atoms with E-state index in [2.05, 4.69) is 48.1 Å². The lowest BCUT2D eigenvalue weighted by Gasteiger charge is -2.23. The molecule has 5 nitrogen and oxygen atoms in total. The van der Waals surface area contributed by atoms with Crippen LogP contribution in [0, 0.1) is 12.8 Å². The number of aromatic nitrogens is 3. The van der Waals surface area contributed by atoms with E-state index in [9.17, 15) is 4.79 Å². The van der Waals surface area contributed by atoms with Crippen LogP contribution in [0.4, 0.5) is 0 Å². The molecule has 2 aliphatic rings. The summed E-state index contributed by atoms with van der Waals surface area (Å²) < 4.78 is 4.13. The quantitative estimate of drug-likeness (QED) is 0.591. The molecule has 5 heteroatoms. The van der Waals surface area contributed by atoms with Crippen molar-refractivity contribution in [3.8, 4) is 11.5 Å². The summed E-state index contributed by atoms with van der Waals surface area (Å²) in [4.78, 5) is 14.9. The Bertz CT molecular complexity index is 1010. The van der Waals surface area contributed by atoms with Gasteiger partial charge in [0.1, 0.15) is 5.82 Å². The highest BCUT2D eigenvalue weighted by Crippen LogP contribution is 2.32. The maximum atomic E-state index is 12.9. The van der Waals surface area contributed by atoms with E-state index in [-0.39, 0.29) is 5.91 Å². The number of fused-ring (bicyclic) bond motifs is 1. The lowest BCUT2D eigenvalue weighted by Crippen LogP contribution is -2.27. The third-order valence-corrected chi connectivity index (χ3v) is 6.70. The molecule has 0 bridgehead atoms. The van der Waals surface area contributed by atoms with Gasteiger partial charge in [0.15, 0.2) is 0 Å². The number of hydrogen-bond donors (Lipinski definition) is 0. The van der Waals surface area contributed by atoms with Crippen molar-refractivity contribution in [1.29, 1.82) is 0 Å². The first-order valence-electron chi connectivity index (χ1n) is 11.3. The Morgan fingerprint density at radius 3 is 2.50 bits per heavy atom. The number of aryl methyl sites for hydroxylation is 1.